The maximum absolute atomic E-state index is 13.1. The third-order valence-corrected chi connectivity index (χ3v) is 4.96. The Morgan fingerprint density at radius 3 is 2.50 bits per heavy atom. The van der Waals surface area contributed by atoms with Gasteiger partial charge in [-0.05, 0) is 32.2 Å². The first kappa shape index (κ1) is 19.2. The molecule has 0 aliphatic heterocycles. The number of aliphatic hydroxyl groups is 1. The monoisotopic (exact) mass is 409 g/mol. The lowest BCUT2D eigenvalue weighted by Crippen LogP contribution is -2.28. The summed E-state index contributed by atoms with van der Waals surface area (Å²) in [4.78, 5) is 21.7. The van der Waals surface area contributed by atoms with E-state index in [1.807, 2.05) is 6.26 Å². The number of halogens is 2. The Kier molecular flexibility index (Phi) is 5.30. The second kappa shape index (κ2) is 7.19. The highest BCUT2D eigenvalue weighted by molar-refractivity contribution is 7.98. The van der Waals surface area contributed by atoms with Crippen LogP contribution in [0.5, 0.6) is 0 Å². The Morgan fingerprint density at radius 1 is 1.27 bits per heavy atom. The molecule has 26 heavy (non-hydrogen) atoms. The van der Waals surface area contributed by atoms with Crippen molar-refractivity contribution in [2.45, 2.75) is 31.1 Å². The van der Waals surface area contributed by atoms with Crippen molar-refractivity contribution >= 4 is 46.0 Å². The molecule has 0 aliphatic carbocycles. The van der Waals surface area contributed by atoms with Crippen molar-refractivity contribution in [1.82, 2.24) is 14.5 Å². The van der Waals surface area contributed by atoms with Crippen molar-refractivity contribution < 1.29 is 5.11 Å². The smallest absolute Gasteiger partial charge is 0.200 e. The highest BCUT2D eigenvalue weighted by atomic mass is 35.5. The van der Waals surface area contributed by atoms with Gasteiger partial charge in [-0.1, -0.05) is 41.0 Å². The van der Waals surface area contributed by atoms with Crippen LogP contribution < -0.4 is 5.43 Å². The van der Waals surface area contributed by atoms with E-state index in [0.717, 1.165) is 0 Å². The van der Waals surface area contributed by atoms with E-state index in [0.29, 0.717) is 37.4 Å². The number of hydrogen-bond acceptors (Lipinski definition) is 5. The van der Waals surface area contributed by atoms with Crippen LogP contribution in [0.25, 0.3) is 22.2 Å². The number of rotatable bonds is 4. The number of hydrogen-bond donors (Lipinski definition) is 1. The number of aromatic nitrogens is 3. The van der Waals surface area contributed by atoms with E-state index in [9.17, 15) is 9.90 Å². The SMILES string of the molecule is CSc1ncc2c(=O)c(-c3c(Cl)cccc3Cl)cn(CC(C)(C)O)c2n1. The Balaban J connectivity index is 2.39. The quantitative estimate of drug-likeness (QED) is 0.514. The molecular weight excluding hydrogens is 393 g/mol. The second-order valence-electron chi connectivity index (χ2n) is 6.50. The Labute approximate surface area is 165 Å². The predicted octanol–water partition coefficient (Wildman–Crippen LogP) is 4.26. The number of nitrogens with zero attached hydrogens (tertiary/aromatic N) is 3. The fourth-order valence-electron chi connectivity index (χ4n) is 2.73. The van der Waals surface area contributed by atoms with Gasteiger partial charge in [0.05, 0.1) is 27.6 Å². The van der Waals surface area contributed by atoms with Crippen LogP contribution in [0.15, 0.2) is 40.5 Å². The summed E-state index contributed by atoms with van der Waals surface area (Å²) in [7, 11) is 0. The molecule has 2 aromatic heterocycles. The van der Waals surface area contributed by atoms with Gasteiger partial charge in [0, 0.05) is 23.5 Å². The van der Waals surface area contributed by atoms with Gasteiger partial charge in [0.1, 0.15) is 5.65 Å². The maximum atomic E-state index is 13.1. The molecule has 2 heterocycles. The molecule has 0 unspecified atom stereocenters. The summed E-state index contributed by atoms with van der Waals surface area (Å²) >= 11 is 14.0. The van der Waals surface area contributed by atoms with Crippen LogP contribution in [0.2, 0.25) is 10.0 Å². The molecule has 3 rings (SSSR count). The number of pyridine rings is 1. The zero-order valence-electron chi connectivity index (χ0n) is 14.5. The van der Waals surface area contributed by atoms with Crippen molar-refractivity contribution in [2.75, 3.05) is 6.26 Å². The third-order valence-electron chi connectivity index (χ3n) is 3.76. The second-order valence-corrected chi connectivity index (χ2v) is 8.09. The van der Waals surface area contributed by atoms with E-state index < -0.39 is 5.60 Å². The number of thioether (sulfide) groups is 1. The molecule has 0 aliphatic rings. The van der Waals surface area contributed by atoms with Crippen molar-refractivity contribution in [3.05, 3.63) is 50.9 Å². The first-order valence-electron chi connectivity index (χ1n) is 7.82. The van der Waals surface area contributed by atoms with Gasteiger partial charge >= 0.3 is 0 Å². The molecule has 0 atom stereocenters. The molecule has 0 saturated heterocycles. The zero-order valence-corrected chi connectivity index (χ0v) is 16.8. The zero-order chi connectivity index (χ0) is 19.1. The molecule has 1 N–H and O–H groups in total. The molecule has 5 nitrogen and oxygen atoms in total. The average molecular weight is 410 g/mol. The third kappa shape index (κ3) is 3.74. The molecule has 136 valence electrons. The molecular formula is C18H17Cl2N3O2S. The van der Waals surface area contributed by atoms with Gasteiger partial charge in [0.15, 0.2) is 5.16 Å². The number of fused-ring (bicyclic) bond motifs is 1. The molecule has 0 spiro atoms. The number of benzene rings is 1. The summed E-state index contributed by atoms with van der Waals surface area (Å²) in [5.41, 5.74) is 0.00524. The fraction of sp³-hybridized carbons (Fsp3) is 0.278. The van der Waals surface area contributed by atoms with Gasteiger partial charge in [-0.3, -0.25) is 4.79 Å². The first-order chi connectivity index (χ1) is 12.2. The highest BCUT2D eigenvalue weighted by Crippen LogP contribution is 2.33. The van der Waals surface area contributed by atoms with E-state index in [4.69, 9.17) is 23.2 Å². The Morgan fingerprint density at radius 2 is 1.92 bits per heavy atom. The van der Waals surface area contributed by atoms with Gasteiger partial charge in [0.2, 0.25) is 5.43 Å². The molecule has 8 heteroatoms. The average Bonchev–Trinajstić information content (AvgIpc) is 2.56. The van der Waals surface area contributed by atoms with Crippen molar-refractivity contribution in [2.24, 2.45) is 0 Å². The van der Waals surface area contributed by atoms with E-state index in [1.54, 1.807) is 42.8 Å². The summed E-state index contributed by atoms with van der Waals surface area (Å²) in [5, 5.41) is 12.0. The van der Waals surface area contributed by atoms with Gasteiger partial charge in [-0.15, -0.1) is 0 Å². The fourth-order valence-corrected chi connectivity index (χ4v) is 3.66. The van der Waals surface area contributed by atoms with Crippen LogP contribution in [0, 0.1) is 0 Å². The summed E-state index contributed by atoms with van der Waals surface area (Å²) in [5.74, 6) is 0. The highest BCUT2D eigenvalue weighted by Gasteiger charge is 2.21. The summed E-state index contributed by atoms with van der Waals surface area (Å²) in [6.45, 7) is 3.62. The lowest BCUT2D eigenvalue weighted by atomic mass is 10.0. The van der Waals surface area contributed by atoms with Gasteiger partial charge in [0.25, 0.3) is 0 Å². The molecule has 0 fully saturated rings. The normalized spacial score (nSPS) is 11.9. The van der Waals surface area contributed by atoms with Crippen molar-refractivity contribution in [1.29, 1.82) is 0 Å². The lowest BCUT2D eigenvalue weighted by Gasteiger charge is -2.21. The Hall–Kier alpha value is -1.60. The van der Waals surface area contributed by atoms with E-state index in [-0.39, 0.29) is 12.0 Å². The minimum absolute atomic E-state index is 0.240. The van der Waals surface area contributed by atoms with Crippen LogP contribution in [0.3, 0.4) is 0 Å². The molecule has 0 amide bonds. The summed E-state index contributed by atoms with van der Waals surface area (Å²) in [6.07, 6.45) is 5.01. The van der Waals surface area contributed by atoms with Crippen LogP contribution in [0.1, 0.15) is 13.8 Å². The molecule has 0 radical (unpaired) electrons. The van der Waals surface area contributed by atoms with Crippen LogP contribution in [-0.2, 0) is 6.54 Å². The van der Waals surface area contributed by atoms with E-state index in [1.165, 1.54) is 18.0 Å². The Bertz CT molecular complexity index is 1020. The lowest BCUT2D eigenvalue weighted by molar-refractivity contribution is 0.0625. The van der Waals surface area contributed by atoms with Gasteiger partial charge < -0.3 is 9.67 Å². The van der Waals surface area contributed by atoms with Crippen molar-refractivity contribution in [3.8, 4) is 11.1 Å². The molecule has 3 aromatic rings. The molecule has 0 bridgehead atoms. The largest absolute Gasteiger partial charge is 0.389 e. The van der Waals surface area contributed by atoms with E-state index >= 15 is 0 Å². The summed E-state index contributed by atoms with van der Waals surface area (Å²) < 4.78 is 1.74. The standard InChI is InChI=1S/C18H17Cl2N3O2S/c1-18(2,25)9-23-8-11(14-12(19)5-4-6-13(14)20)15(24)10-7-21-17(26-3)22-16(10)23/h4-8,25H,9H2,1-3H3. The molecule has 1 aromatic carbocycles. The minimum Gasteiger partial charge on any atom is -0.389 e. The van der Waals surface area contributed by atoms with Crippen LogP contribution >= 0.6 is 35.0 Å². The van der Waals surface area contributed by atoms with E-state index in [2.05, 4.69) is 9.97 Å². The maximum Gasteiger partial charge on any atom is 0.200 e. The summed E-state index contributed by atoms with van der Waals surface area (Å²) in [6, 6.07) is 5.08. The van der Waals surface area contributed by atoms with Crippen LogP contribution in [0.4, 0.5) is 0 Å². The predicted molar refractivity (Wildman–Crippen MR) is 107 cm³/mol. The first-order valence-corrected chi connectivity index (χ1v) is 9.80. The van der Waals surface area contributed by atoms with Gasteiger partial charge in [-0.2, -0.15) is 0 Å². The van der Waals surface area contributed by atoms with Gasteiger partial charge in [-0.25, -0.2) is 9.97 Å². The molecule has 0 saturated carbocycles. The van der Waals surface area contributed by atoms with Crippen molar-refractivity contribution in [3.63, 3.8) is 0 Å². The minimum atomic E-state index is -1.01. The topological polar surface area (TPSA) is 68.0 Å². The van der Waals surface area contributed by atoms with Crippen LogP contribution in [-0.4, -0.2) is 31.5 Å².